The Morgan fingerprint density at radius 3 is 1.84 bits per heavy atom. The molecule has 0 saturated heterocycles. The van der Waals surface area contributed by atoms with Gasteiger partial charge in [-0.3, -0.25) is 9.44 Å². The maximum atomic E-state index is 13.3. The molecule has 0 fully saturated rings. The number of phenolic OH excluding ortho intramolecular Hbond substituents is 1. The van der Waals surface area contributed by atoms with Crippen LogP contribution in [-0.2, 0) is 20.0 Å². The maximum Gasteiger partial charge on any atom is 0.335 e. The number of benzene rings is 4. The minimum absolute atomic E-state index is 0.000346. The normalized spacial score (nSPS) is 11.9. The van der Waals surface area contributed by atoms with Crippen molar-refractivity contribution in [2.45, 2.75) is 9.79 Å². The van der Waals surface area contributed by atoms with Crippen molar-refractivity contribution < 1.29 is 41.7 Å². The molecule has 6 N–H and O–H groups in total. The second-order valence-electron chi connectivity index (χ2n) is 8.94. The number of nitrogens with one attached hydrogen (secondary N) is 3. The molecule has 224 valence electrons. The first-order chi connectivity index (χ1) is 20.8. The lowest BCUT2D eigenvalue weighted by molar-refractivity contribution is 0.0686. The maximum absolute atomic E-state index is 13.3. The first-order valence-corrected chi connectivity index (χ1v) is 15.1. The first-order valence-electron chi connectivity index (χ1n) is 12.1. The first kappa shape index (κ1) is 29.6. The van der Waals surface area contributed by atoms with E-state index in [-0.39, 0.29) is 44.1 Å². The number of phenols is 1. The number of aromatic hydroxyl groups is 1. The van der Waals surface area contributed by atoms with E-state index in [1.54, 1.807) is 0 Å². The third-order valence-electron chi connectivity index (χ3n) is 6.04. The van der Waals surface area contributed by atoms with Gasteiger partial charge in [-0.1, -0.05) is 6.07 Å². The standard InChI is InChI=1S/C26H19N7O9S2/c34-23-21(44(41,42)33-18-8-3-15(4-9-18)25(37)38)11-16-5-10-19(12-20(16)22(23)29-31-26-27-13-28-30-26)43(39,40)32-17-6-1-14(2-7-17)24(35)36/h1-13,32-34H,(H,35,36)(H,37,38)(H,27,28,30). The number of azo groups is 1. The quantitative estimate of drug-likeness (QED) is 0.119. The number of nitrogens with zero attached hydrogens (tertiary/aromatic N) is 4. The van der Waals surface area contributed by atoms with Crippen LogP contribution in [0.1, 0.15) is 20.7 Å². The fourth-order valence-electron chi connectivity index (χ4n) is 3.92. The molecule has 18 heteroatoms. The van der Waals surface area contributed by atoms with E-state index in [0.29, 0.717) is 0 Å². The van der Waals surface area contributed by atoms with E-state index in [9.17, 15) is 31.5 Å². The molecular weight excluding hydrogens is 618 g/mol. The number of sulfonamides is 2. The third kappa shape index (κ3) is 6.15. The number of hydrogen-bond donors (Lipinski definition) is 6. The predicted molar refractivity (Wildman–Crippen MR) is 155 cm³/mol. The van der Waals surface area contributed by atoms with Crippen LogP contribution in [0, 0.1) is 0 Å². The van der Waals surface area contributed by atoms with Crippen LogP contribution in [0.4, 0.5) is 23.0 Å². The average Bonchev–Trinajstić information content (AvgIpc) is 3.50. The monoisotopic (exact) mass is 637 g/mol. The zero-order valence-electron chi connectivity index (χ0n) is 21.9. The molecule has 1 heterocycles. The summed E-state index contributed by atoms with van der Waals surface area (Å²) in [5, 5.41) is 43.2. The number of carbonyl (C=O) groups is 2. The zero-order chi connectivity index (χ0) is 31.6. The van der Waals surface area contributed by atoms with Crippen molar-refractivity contribution in [1.29, 1.82) is 0 Å². The molecule has 5 rings (SSSR count). The molecule has 16 nitrogen and oxygen atoms in total. The van der Waals surface area contributed by atoms with E-state index in [0.717, 1.165) is 18.5 Å². The smallest absolute Gasteiger partial charge is 0.335 e. The van der Waals surface area contributed by atoms with Crippen LogP contribution >= 0.6 is 0 Å². The molecule has 0 bridgehead atoms. The Balaban J connectivity index is 1.58. The topological polar surface area (TPSA) is 253 Å². The number of carboxylic acid groups (broad SMARTS) is 2. The van der Waals surface area contributed by atoms with Gasteiger partial charge in [-0.05, 0) is 72.1 Å². The Morgan fingerprint density at radius 1 is 0.750 bits per heavy atom. The van der Waals surface area contributed by atoms with Gasteiger partial charge in [-0.2, -0.15) is 10.1 Å². The number of carboxylic acids is 2. The fourth-order valence-corrected chi connectivity index (χ4v) is 6.20. The fraction of sp³-hybridized carbons (Fsp3) is 0. The van der Waals surface area contributed by atoms with Gasteiger partial charge in [-0.15, -0.1) is 10.2 Å². The van der Waals surface area contributed by atoms with Crippen molar-refractivity contribution >= 4 is 65.8 Å². The Labute approximate surface area is 247 Å². The number of H-pyrrole nitrogens is 1. The molecule has 0 amide bonds. The van der Waals surface area contributed by atoms with E-state index < -0.39 is 48.3 Å². The van der Waals surface area contributed by atoms with E-state index in [4.69, 9.17) is 10.2 Å². The van der Waals surface area contributed by atoms with E-state index in [1.807, 2.05) is 0 Å². The molecule has 44 heavy (non-hydrogen) atoms. The molecule has 0 aliphatic rings. The van der Waals surface area contributed by atoms with Crippen LogP contribution in [0.3, 0.4) is 0 Å². The minimum Gasteiger partial charge on any atom is -0.504 e. The molecule has 4 aromatic carbocycles. The van der Waals surface area contributed by atoms with Gasteiger partial charge in [0.1, 0.15) is 16.9 Å². The number of aromatic amines is 1. The van der Waals surface area contributed by atoms with Crippen LogP contribution in [0.5, 0.6) is 5.75 Å². The highest BCUT2D eigenvalue weighted by Gasteiger charge is 2.26. The van der Waals surface area contributed by atoms with E-state index in [2.05, 4.69) is 34.9 Å². The van der Waals surface area contributed by atoms with Gasteiger partial charge in [0.05, 0.1) is 16.0 Å². The average molecular weight is 638 g/mol. The van der Waals surface area contributed by atoms with Gasteiger partial charge in [0, 0.05) is 16.8 Å². The minimum atomic E-state index is -4.51. The summed E-state index contributed by atoms with van der Waals surface area (Å²) in [6.07, 6.45) is 1.13. The summed E-state index contributed by atoms with van der Waals surface area (Å²) in [4.78, 5) is 25.1. The largest absolute Gasteiger partial charge is 0.504 e. The van der Waals surface area contributed by atoms with Crippen LogP contribution in [0.2, 0.25) is 0 Å². The number of fused-ring (bicyclic) bond motifs is 1. The number of rotatable bonds is 10. The lowest BCUT2D eigenvalue weighted by Gasteiger charge is -2.14. The lowest BCUT2D eigenvalue weighted by Crippen LogP contribution is -2.14. The van der Waals surface area contributed by atoms with Crippen molar-refractivity contribution in [3.63, 3.8) is 0 Å². The summed E-state index contributed by atoms with van der Waals surface area (Å²) in [5.74, 6) is -3.37. The van der Waals surface area contributed by atoms with Crippen molar-refractivity contribution in [2.24, 2.45) is 10.2 Å². The molecule has 0 saturated carbocycles. The van der Waals surface area contributed by atoms with Gasteiger partial charge in [0.15, 0.2) is 5.75 Å². The molecule has 0 unspecified atom stereocenters. The zero-order valence-corrected chi connectivity index (χ0v) is 23.5. The summed E-state index contributed by atoms with van der Waals surface area (Å²) in [7, 11) is -8.78. The van der Waals surface area contributed by atoms with Gasteiger partial charge in [0.2, 0.25) is 0 Å². The van der Waals surface area contributed by atoms with Gasteiger partial charge < -0.3 is 15.3 Å². The Kier molecular flexibility index (Phi) is 7.68. The number of anilines is 2. The molecule has 0 aliphatic carbocycles. The van der Waals surface area contributed by atoms with Crippen LogP contribution < -0.4 is 9.44 Å². The second kappa shape index (κ2) is 11.4. The van der Waals surface area contributed by atoms with Crippen molar-refractivity contribution in [3.8, 4) is 5.75 Å². The summed E-state index contributed by atoms with van der Waals surface area (Å²) in [6, 6.07) is 14.5. The van der Waals surface area contributed by atoms with Gasteiger partial charge >= 0.3 is 11.9 Å². The third-order valence-corrected chi connectivity index (χ3v) is 8.81. The number of hydrogen-bond acceptors (Lipinski definition) is 11. The molecule has 1 aromatic heterocycles. The molecular formula is C26H19N7O9S2. The van der Waals surface area contributed by atoms with E-state index in [1.165, 1.54) is 60.7 Å². The highest BCUT2D eigenvalue weighted by atomic mass is 32.2. The van der Waals surface area contributed by atoms with E-state index >= 15 is 0 Å². The molecule has 5 aromatic rings. The highest BCUT2D eigenvalue weighted by molar-refractivity contribution is 7.93. The summed E-state index contributed by atoms with van der Waals surface area (Å²) < 4.78 is 57.6. The predicted octanol–water partition coefficient (Wildman–Crippen LogP) is 4.08. The van der Waals surface area contributed by atoms with Crippen LogP contribution in [-0.4, -0.2) is 59.3 Å². The molecule has 0 atom stereocenters. The van der Waals surface area contributed by atoms with Crippen molar-refractivity contribution in [1.82, 2.24) is 15.2 Å². The Morgan fingerprint density at radius 2 is 1.32 bits per heavy atom. The van der Waals surface area contributed by atoms with Gasteiger partial charge in [-0.25, -0.2) is 31.5 Å². The molecule has 0 radical (unpaired) electrons. The molecule has 0 aliphatic heterocycles. The van der Waals surface area contributed by atoms with Gasteiger partial charge in [0.25, 0.3) is 26.0 Å². The molecule has 0 spiro atoms. The van der Waals surface area contributed by atoms with Crippen LogP contribution in [0.25, 0.3) is 10.8 Å². The Bertz CT molecular complexity index is 2150. The SMILES string of the molecule is O=C(O)c1ccc(NS(=O)(=O)c2ccc3cc(S(=O)(=O)Nc4ccc(C(=O)O)cc4)c(O)c(N=Nc4ncn[nH]4)c3c2)cc1. The Hall–Kier alpha value is -5.88. The van der Waals surface area contributed by atoms with Crippen molar-refractivity contribution in [2.75, 3.05) is 9.44 Å². The summed E-state index contributed by atoms with van der Waals surface area (Å²) in [6.45, 7) is 0. The highest BCUT2D eigenvalue weighted by Crippen LogP contribution is 2.42. The summed E-state index contributed by atoms with van der Waals surface area (Å²) >= 11 is 0. The number of aromatic carboxylic acids is 2. The lowest BCUT2D eigenvalue weighted by atomic mass is 10.1. The number of aromatic nitrogens is 3. The second-order valence-corrected chi connectivity index (χ2v) is 12.3. The van der Waals surface area contributed by atoms with Crippen LogP contribution in [0.15, 0.2) is 99.1 Å². The van der Waals surface area contributed by atoms with Crippen molar-refractivity contribution in [3.05, 3.63) is 90.3 Å². The summed E-state index contributed by atoms with van der Waals surface area (Å²) in [5.41, 5.74) is -0.457.